The minimum Gasteiger partial charge on any atom is -0.353 e. The highest BCUT2D eigenvalue weighted by Crippen LogP contribution is 2.36. The summed E-state index contributed by atoms with van der Waals surface area (Å²) < 4.78 is 68.0. The molecule has 0 aliphatic carbocycles. The Kier molecular flexibility index (Phi) is 5.27. The van der Waals surface area contributed by atoms with Crippen LogP contribution in [0.4, 0.5) is 24.8 Å². The number of alkyl halides is 3. The number of rotatable bonds is 4. The number of hydrogen-bond donors (Lipinski definition) is 1. The van der Waals surface area contributed by atoms with Crippen molar-refractivity contribution in [2.45, 2.75) is 23.9 Å². The summed E-state index contributed by atoms with van der Waals surface area (Å²) in [7, 11) is -3.99. The van der Waals surface area contributed by atoms with Crippen LogP contribution in [0.2, 0.25) is 0 Å². The lowest BCUT2D eigenvalue weighted by Crippen LogP contribution is -2.42. The van der Waals surface area contributed by atoms with Gasteiger partial charge in [0.15, 0.2) is 11.6 Å². The maximum Gasteiger partial charge on any atom is 0.393 e. The third-order valence-electron chi connectivity index (χ3n) is 5.02. The topological polar surface area (TPSA) is 75.2 Å². The van der Waals surface area contributed by atoms with Crippen molar-refractivity contribution in [2.75, 3.05) is 22.7 Å². The lowest BCUT2D eigenvalue weighted by atomic mass is 9.97. The van der Waals surface area contributed by atoms with Crippen molar-refractivity contribution >= 4 is 32.7 Å². The Bertz CT molecular complexity index is 1150. The van der Waals surface area contributed by atoms with Crippen LogP contribution < -0.4 is 9.62 Å². The molecule has 0 bridgehead atoms. The lowest BCUT2D eigenvalue weighted by molar-refractivity contribution is -0.176. The van der Waals surface area contributed by atoms with E-state index in [1.54, 1.807) is 42.5 Å². The predicted molar refractivity (Wildman–Crippen MR) is 108 cm³/mol. The molecule has 158 valence electrons. The van der Waals surface area contributed by atoms with E-state index in [0.717, 1.165) is 0 Å². The standard InChI is InChI=1S/C20H19F3N4O2S/c21-20(22,23)14-7-6-12-27(13-14)19-18(24-16-10-4-5-11-17(16)25-19)26-30(28,29)15-8-2-1-3-9-15/h1-5,8-11,14H,6-7,12-13H2,(H,24,26)/t14-/m1/s1. The number of hydrogen-bond acceptors (Lipinski definition) is 5. The number of halogens is 3. The Balaban J connectivity index is 1.77. The first-order valence-electron chi connectivity index (χ1n) is 9.40. The number of sulfonamides is 1. The Hall–Kier alpha value is -2.88. The highest BCUT2D eigenvalue weighted by molar-refractivity contribution is 7.92. The van der Waals surface area contributed by atoms with Crippen LogP contribution in [0.25, 0.3) is 11.0 Å². The summed E-state index contributed by atoms with van der Waals surface area (Å²) in [5.41, 5.74) is 0.917. The molecule has 1 atom stereocenters. The maximum absolute atomic E-state index is 13.3. The van der Waals surface area contributed by atoms with Gasteiger partial charge in [-0.25, -0.2) is 18.4 Å². The molecule has 30 heavy (non-hydrogen) atoms. The molecule has 1 saturated heterocycles. The molecule has 1 fully saturated rings. The highest BCUT2D eigenvalue weighted by Gasteiger charge is 2.42. The van der Waals surface area contributed by atoms with Gasteiger partial charge in [-0.3, -0.25) is 4.72 Å². The average Bonchev–Trinajstić information content (AvgIpc) is 2.73. The summed E-state index contributed by atoms with van der Waals surface area (Å²) in [6, 6.07) is 14.5. The van der Waals surface area contributed by atoms with Crippen molar-refractivity contribution in [3.63, 3.8) is 0 Å². The SMILES string of the molecule is O=S(=O)(Nc1nc2ccccc2nc1N1CCC[C@@H](C(F)(F)F)C1)c1ccccc1. The van der Waals surface area contributed by atoms with Gasteiger partial charge in [0.1, 0.15) is 0 Å². The molecule has 4 rings (SSSR count). The predicted octanol–water partition coefficient (Wildman–Crippen LogP) is 4.21. The number of para-hydroxylation sites is 2. The molecule has 2 aromatic carbocycles. The quantitative estimate of drug-likeness (QED) is 0.663. The van der Waals surface area contributed by atoms with E-state index in [1.165, 1.54) is 17.0 Å². The molecule has 1 aliphatic rings. The first-order valence-corrected chi connectivity index (χ1v) is 10.9. The molecule has 6 nitrogen and oxygen atoms in total. The van der Waals surface area contributed by atoms with E-state index in [1.807, 2.05) is 0 Å². The normalized spacial score (nSPS) is 17.8. The lowest BCUT2D eigenvalue weighted by Gasteiger charge is -2.35. The van der Waals surface area contributed by atoms with Crippen LogP contribution in [0.1, 0.15) is 12.8 Å². The number of nitrogens with zero attached hydrogens (tertiary/aromatic N) is 3. The van der Waals surface area contributed by atoms with Gasteiger partial charge in [-0.1, -0.05) is 30.3 Å². The maximum atomic E-state index is 13.3. The number of aromatic nitrogens is 2. The van der Waals surface area contributed by atoms with Crippen molar-refractivity contribution in [1.29, 1.82) is 0 Å². The summed E-state index contributed by atoms with van der Waals surface area (Å²) in [5.74, 6) is -1.49. The van der Waals surface area contributed by atoms with Crippen molar-refractivity contribution < 1.29 is 21.6 Å². The van der Waals surface area contributed by atoms with Gasteiger partial charge >= 0.3 is 6.18 Å². The minimum absolute atomic E-state index is 0.0257. The molecule has 3 aromatic rings. The summed E-state index contributed by atoms with van der Waals surface area (Å²) in [4.78, 5) is 10.3. The molecule has 0 unspecified atom stereocenters. The van der Waals surface area contributed by atoms with Gasteiger partial charge < -0.3 is 4.90 Å². The first kappa shape index (κ1) is 20.4. The first-order chi connectivity index (χ1) is 14.2. The molecule has 0 spiro atoms. The average molecular weight is 436 g/mol. The fourth-order valence-corrected chi connectivity index (χ4v) is 4.53. The van der Waals surface area contributed by atoms with E-state index >= 15 is 0 Å². The molecule has 0 amide bonds. The summed E-state index contributed by atoms with van der Waals surface area (Å²) >= 11 is 0. The van der Waals surface area contributed by atoms with Crippen LogP contribution in [-0.4, -0.2) is 37.7 Å². The van der Waals surface area contributed by atoms with Crippen molar-refractivity contribution in [2.24, 2.45) is 5.92 Å². The number of piperidine rings is 1. The highest BCUT2D eigenvalue weighted by atomic mass is 32.2. The minimum atomic E-state index is -4.33. The zero-order chi connectivity index (χ0) is 21.4. The summed E-state index contributed by atoms with van der Waals surface area (Å²) in [5, 5.41) is 0. The second kappa shape index (κ2) is 7.75. The number of nitrogens with one attached hydrogen (secondary N) is 1. The van der Waals surface area contributed by atoms with E-state index < -0.39 is 22.1 Å². The van der Waals surface area contributed by atoms with Crippen LogP contribution in [-0.2, 0) is 10.0 Å². The van der Waals surface area contributed by atoms with E-state index in [9.17, 15) is 21.6 Å². The Morgan fingerprint density at radius 3 is 2.27 bits per heavy atom. The van der Waals surface area contributed by atoms with Crippen LogP contribution in [0, 0.1) is 5.92 Å². The second-order valence-corrected chi connectivity index (χ2v) is 8.81. The molecule has 0 radical (unpaired) electrons. The summed E-state index contributed by atoms with van der Waals surface area (Å²) in [6.07, 6.45) is -3.97. The Morgan fingerprint density at radius 1 is 0.967 bits per heavy atom. The number of benzene rings is 2. The largest absolute Gasteiger partial charge is 0.393 e. The second-order valence-electron chi connectivity index (χ2n) is 7.13. The smallest absolute Gasteiger partial charge is 0.353 e. The van der Waals surface area contributed by atoms with E-state index in [-0.39, 0.29) is 29.5 Å². The Labute approximate surface area is 171 Å². The van der Waals surface area contributed by atoms with E-state index in [0.29, 0.717) is 24.0 Å². The molecular formula is C20H19F3N4O2S. The van der Waals surface area contributed by atoms with Crippen LogP contribution in [0.15, 0.2) is 59.5 Å². The van der Waals surface area contributed by atoms with E-state index in [2.05, 4.69) is 14.7 Å². The van der Waals surface area contributed by atoms with Gasteiger partial charge in [-0.15, -0.1) is 0 Å². The van der Waals surface area contributed by atoms with Gasteiger partial charge in [-0.05, 0) is 37.1 Å². The molecule has 1 aromatic heterocycles. The molecular weight excluding hydrogens is 417 g/mol. The third-order valence-corrected chi connectivity index (χ3v) is 6.38. The summed E-state index contributed by atoms with van der Waals surface area (Å²) in [6.45, 7) is 0.0379. The van der Waals surface area contributed by atoms with E-state index in [4.69, 9.17) is 0 Å². The molecule has 10 heteroatoms. The number of anilines is 2. The van der Waals surface area contributed by atoms with Crippen LogP contribution in [0.5, 0.6) is 0 Å². The van der Waals surface area contributed by atoms with Gasteiger partial charge in [0.25, 0.3) is 10.0 Å². The van der Waals surface area contributed by atoms with Gasteiger partial charge in [0.05, 0.1) is 21.8 Å². The van der Waals surface area contributed by atoms with Crippen molar-refractivity contribution in [3.8, 4) is 0 Å². The third kappa shape index (κ3) is 4.18. The molecule has 1 N–H and O–H groups in total. The van der Waals surface area contributed by atoms with Crippen LogP contribution >= 0.6 is 0 Å². The van der Waals surface area contributed by atoms with Gasteiger partial charge in [-0.2, -0.15) is 13.2 Å². The monoisotopic (exact) mass is 436 g/mol. The number of fused-ring (bicyclic) bond motifs is 1. The Morgan fingerprint density at radius 2 is 1.60 bits per heavy atom. The van der Waals surface area contributed by atoms with Crippen LogP contribution in [0.3, 0.4) is 0 Å². The molecule has 1 aliphatic heterocycles. The van der Waals surface area contributed by atoms with Crippen molar-refractivity contribution in [1.82, 2.24) is 9.97 Å². The fraction of sp³-hybridized carbons (Fsp3) is 0.300. The molecule has 0 saturated carbocycles. The zero-order valence-electron chi connectivity index (χ0n) is 15.8. The fourth-order valence-electron chi connectivity index (χ4n) is 3.50. The van der Waals surface area contributed by atoms with Crippen molar-refractivity contribution in [3.05, 3.63) is 54.6 Å². The van der Waals surface area contributed by atoms with Gasteiger partial charge in [0.2, 0.25) is 0 Å². The molecule has 2 heterocycles. The zero-order valence-corrected chi connectivity index (χ0v) is 16.6. The van der Waals surface area contributed by atoms with Gasteiger partial charge in [0, 0.05) is 13.1 Å².